The van der Waals surface area contributed by atoms with Gasteiger partial charge in [0.15, 0.2) is 0 Å². The van der Waals surface area contributed by atoms with Gasteiger partial charge in [-0.25, -0.2) is 12.8 Å². The molecule has 2 amide bonds. The Hall–Kier alpha value is -1.96. The lowest BCUT2D eigenvalue weighted by atomic mass is 10.1. The molecule has 0 unspecified atom stereocenters. The molecule has 0 aromatic heterocycles. The lowest BCUT2D eigenvalue weighted by Gasteiger charge is -2.18. The Morgan fingerprint density at radius 1 is 1.32 bits per heavy atom. The Bertz CT molecular complexity index is 673. The molecule has 0 spiro atoms. The Morgan fingerprint density at radius 2 is 1.95 bits per heavy atom. The van der Waals surface area contributed by atoms with Crippen molar-refractivity contribution in [2.75, 3.05) is 17.3 Å². The molecule has 8 heteroatoms. The van der Waals surface area contributed by atoms with Gasteiger partial charge in [-0.2, -0.15) is 0 Å². The lowest BCUT2D eigenvalue weighted by Crippen LogP contribution is -2.44. The monoisotopic (exact) mass is 330 g/mol. The number of halogens is 1. The highest BCUT2D eigenvalue weighted by Gasteiger charge is 2.22. The Morgan fingerprint density at radius 3 is 2.50 bits per heavy atom. The average Bonchev–Trinajstić information content (AvgIpc) is 2.37. The van der Waals surface area contributed by atoms with Gasteiger partial charge in [0, 0.05) is 18.9 Å². The molecule has 0 aliphatic heterocycles. The van der Waals surface area contributed by atoms with Crippen LogP contribution in [0.1, 0.15) is 18.9 Å². The van der Waals surface area contributed by atoms with Crippen LogP contribution in [0.3, 0.4) is 0 Å². The summed E-state index contributed by atoms with van der Waals surface area (Å²) in [6.07, 6.45) is 0.991. The third-order valence-electron chi connectivity index (χ3n) is 2.93. The van der Waals surface area contributed by atoms with E-state index in [-0.39, 0.29) is 17.9 Å². The number of hydrogen-bond donors (Lipinski definition) is 2. The summed E-state index contributed by atoms with van der Waals surface area (Å²) in [5.74, 6) is -1.79. The molecule has 2 N–H and O–H groups in total. The number of hydrogen-bond acceptors (Lipinski definition) is 4. The number of anilines is 1. The first-order valence-corrected chi connectivity index (χ1v) is 8.66. The molecule has 6 nitrogen and oxygen atoms in total. The van der Waals surface area contributed by atoms with Crippen LogP contribution in [0.5, 0.6) is 0 Å². The first kappa shape index (κ1) is 18.1. The normalized spacial score (nSPS) is 12.5. The molecule has 1 aromatic carbocycles. The van der Waals surface area contributed by atoms with Crippen LogP contribution >= 0.6 is 0 Å². The van der Waals surface area contributed by atoms with Gasteiger partial charge in [-0.3, -0.25) is 9.59 Å². The van der Waals surface area contributed by atoms with Crippen LogP contribution in [-0.4, -0.2) is 38.3 Å². The van der Waals surface area contributed by atoms with Gasteiger partial charge in [-0.1, -0.05) is 6.07 Å². The zero-order valence-corrected chi connectivity index (χ0v) is 13.5. The van der Waals surface area contributed by atoms with Gasteiger partial charge in [0.05, 0.1) is 5.75 Å². The van der Waals surface area contributed by atoms with E-state index in [1.54, 1.807) is 6.92 Å². The molecule has 0 saturated heterocycles. The Kier molecular flexibility index (Phi) is 6.04. The predicted molar refractivity (Wildman–Crippen MR) is 81.7 cm³/mol. The number of sulfone groups is 1. The van der Waals surface area contributed by atoms with Crippen molar-refractivity contribution in [2.24, 2.45) is 0 Å². The number of amides is 2. The van der Waals surface area contributed by atoms with Crippen LogP contribution in [0.2, 0.25) is 0 Å². The summed E-state index contributed by atoms with van der Waals surface area (Å²) in [4.78, 5) is 23.3. The fraction of sp³-hybridized carbons (Fsp3) is 0.429. The van der Waals surface area contributed by atoms with Crippen molar-refractivity contribution < 1.29 is 22.4 Å². The molecule has 1 rings (SSSR count). The summed E-state index contributed by atoms with van der Waals surface area (Å²) in [6, 6.07) is 2.93. The van der Waals surface area contributed by atoms with Crippen LogP contribution in [0, 0.1) is 12.7 Å². The molecule has 0 saturated carbocycles. The molecule has 122 valence electrons. The van der Waals surface area contributed by atoms with E-state index in [9.17, 15) is 22.4 Å². The van der Waals surface area contributed by atoms with Crippen LogP contribution in [0.15, 0.2) is 18.2 Å². The SMILES string of the molecule is CC(=O)N[C@H](CCS(C)(=O)=O)C(=O)Nc1cc(F)ccc1C. The minimum atomic E-state index is -3.27. The maximum absolute atomic E-state index is 13.2. The van der Waals surface area contributed by atoms with Gasteiger partial charge < -0.3 is 10.6 Å². The van der Waals surface area contributed by atoms with E-state index in [2.05, 4.69) is 10.6 Å². The van der Waals surface area contributed by atoms with Crippen molar-refractivity contribution in [3.8, 4) is 0 Å². The molecule has 0 bridgehead atoms. The van der Waals surface area contributed by atoms with Crippen LogP contribution in [0.25, 0.3) is 0 Å². The average molecular weight is 330 g/mol. The van der Waals surface area contributed by atoms with Gasteiger partial charge in [-0.05, 0) is 31.0 Å². The second-order valence-electron chi connectivity index (χ2n) is 5.12. The molecule has 0 aliphatic rings. The van der Waals surface area contributed by atoms with Crippen molar-refractivity contribution in [3.05, 3.63) is 29.6 Å². The summed E-state index contributed by atoms with van der Waals surface area (Å²) >= 11 is 0. The minimum absolute atomic E-state index is 0.0569. The Balaban J connectivity index is 2.86. The van der Waals surface area contributed by atoms with E-state index in [0.29, 0.717) is 5.56 Å². The first-order chi connectivity index (χ1) is 10.1. The molecule has 0 radical (unpaired) electrons. The van der Waals surface area contributed by atoms with E-state index in [4.69, 9.17) is 0 Å². The molecule has 0 fully saturated rings. The van der Waals surface area contributed by atoms with Crippen molar-refractivity contribution in [1.82, 2.24) is 5.32 Å². The van der Waals surface area contributed by atoms with Crippen molar-refractivity contribution in [1.29, 1.82) is 0 Å². The van der Waals surface area contributed by atoms with Crippen molar-refractivity contribution in [3.63, 3.8) is 0 Å². The van der Waals surface area contributed by atoms with Gasteiger partial charge in [0.2, 0.25) is 11.8 Å². The smallest absolute Gasteiger partial charge is 0.246 e. The highest BCUT2D eigenvalue weighted by atomic mass is 32.2. The summed E-state index contributed by atoms with van der Waals surface area (Å²) in [5.41, 5.74) is 0.930. The molecular formula is C14H19FN2O4S. The second kappa shape index (κ2) is 7.35. The van der Waals surface area contributed by atoms with Crippen molar-refractivity contribution in [2.45, 2.75) is 26.3 Å². The summed E-state index contributed by atoms with van der Waals surface area (Å²) in [7, 11) is -3.27. The van der Waals surface area contributed by atoms with E-state index >= 15 is 0 Å². The lowest BCUT2D eigenvalue weighted by molar-refractivity contribution is -0.125. The van der Waals surface area contributed by atoms with Gasteiger partial charge in [0.1, 0.15) is 21.7 Å². The summed E-state index contributed by atoms with van der Waals surface area (Å²) in [5, 5.41) is 4.90. The maximum atomic E-state index is 13.2. The Labute approximate surface area is 129 Å². The van der Waals surface area contributed by atoms with E-state index in [0.717, 1.165) is 12.3 Å². The molecule has 1 atom stereocenters. The largest absolute Gasteiger partial charge is 0.345 e. The number of carbonyl (C=O) groups excluding carboxylic acids is 2. The fourth-order valence-electron chi connectivity index (χ4n) is 1.79. The van der Waals surface area contributed by atoms with Crippen LogP contribution in [0.4, 0.5) is 10.1 Å². The summed E-state index contributed by atoms with van der Waals surface area (Å²) in [6.45, 7) is 2.92. The van der Waals surface area contributed by atoms with E-state index < -0.39 is 33.5 Å². The second-order valence-corrected chi connectivity index (χ2v) is 7.38. The number of carbonyl (C=O) groups is 2. The maximum Gasteiger partial charge on any atom is 0.246 e. The predicted octanol–water partition coefficient (Wildman–Crippen LogP) is 1.01. The molecule has 0 aliphatic carbocycles. The fourth-order valence-corrected chi connectivity index (χ4v) is 2.46. The zero-order valence-electron chi connectivity index (χ0n) is 12.6. The standard InChI is InChI=1S/C14H19FN2O4S/c1-9-4-5-11(15)8-13(9)17-14(19)12(16-10(2)18)6-7-22(3,20)21/h4-5,8,12H,6-7H2,1-3H3,(H,16,18)(H,17,19)/t12-/m1/s1. The highest BCUT2D eigenvalue weighted by Crippen LogP contribution is 2.16. The molecule has 0 heterocycles. The zero-order chi connectivity index (χ0) is 16.9. The first-order valence-electron chi connectivity index (χ1n) is 6.60. The van der Waals surface area contributed by atoms with Crippen LogP contribution in [-0.2, 0) is 19.4 Å². The van der Waals surface area contributed by atoms with E-state index in [1.807, 2.05) is 0 Å². The number of benzene rings is 1. The van der Waals surface area contributed by atoms with Crippen LogP contribution < -0.4 is 10.6 Å². The summed E-state index contributed by atoms with van der Waals surface area (Å²) < 4.78 is 35.6. The third-order valence-corrected chi connectivity index (χ3v) is 3.91. The number of nitrogens with one attached hydrogen (secondary N) is 2. The van der Waals surface area contributed by atoms with Gasteiger partial charge >= 0.3 is 0 Å². The molecule has 22 heavy (non-hydrogen) atoms. The van der Waals surface area contributed by atoms with E-state index in [1.165, 1.54) is 19.1 Å². The number of aryl methyl sites for hydroxylation is 1. The molecule has 1 aromatic rings. The van der Waals surface area contributed by atoms with Gasteiger partial charge in [-0.15, -0.1) is 0 Å². The molecular weight excluding hydrogens is 311 g/mol. The van der Waals surface area contributed by atoms with Crippen molar-refractivity contribution >= 4 is 27.3 Å². The van der Waals surface area contributed by atoms with Gasteiger partial charge in [0.25, 0.3) is 0 Å². The topological polar surface area (TPSA) is 92.3 Å². The minimum Gasteiger partial charge on any atom is -0.345 e. The highest BCUT2D eigenvalue weighted by molar-refractivity contribution is 7.90. The quantitative estimate of drug-likeness (QED) is 0.814. The third kappa shape index (κ3) is 6.21. The number of rotatable bonds is 6.